The average Bonchev–Trinajstić information content (AvgIpc) is 2.70. The Morgan fingerprint density at radius 2 is 0.970 bits per heavy atom. The van der Waals surface area contributed by atoms with E-state index in [-0.39, 0.29) is 51.4 Å². The van der Waals surface area contributed by atoms with Crippen LogP contribution in [0.3, 0.4) is 0 Å². The first-order valence-corrected chi connectivity index (χ1v) is 15.1. The van der Waals surface area contributed by atoms with Crippen LogP contribution in [0.5, 0.6) is 0 Å². The van der Waals surface area contributed by atoms with Crippen molar-refractivity contribution in [2.75, 3.05) is 5.75 Å². The second kappa shape index (κ2) is 26.1. The molecule has 0 aromatic rings. The van der Waals surface area contributed by atoms with Crippen LogP contribution in [-0.4, -0.2) is 82.2 Å². The summed E-state index contributed by atoms with van der Waals surface area (Å²) in [6.45, 7) is 3.53. The Balaban J connectivity index is 0. The van der Waals surface area contributed by atoms with Crippen LogP contribution in [0.4, 0.5) is 0 Å². The predicted octanol–water partition coefficient (Wildman–Crippen LogP) is 7.37. The zero-order valence-electron chi connectivity index (χ0n) is 21.1. The van der Waals surface area contributed by atoms with Gasteiger partial charge in [-0.15, -0.1) is 0 Å². The molecule has 0 fully saturated rings. The molecular formula is C26H53KO5S. The zero-order chi connectivity index (χ0) is 23.9. The van der Waals surface area contributed by atoms with E-state index in [0.29, 0.717) is 6.42 Å². The molecule has 1 atom stereocenters. The molecule has 0 spiro atoms. The zero-order valence-corrected chi connectivity index (χ0v) is 21.9. The third-order valence-corrected chi connectivity index (χ3v) is 6.90. The third kappa shape index (κ3) is 31.0. The molecule has 0 aromatic carbocycles. The fourth-order valence-corrected chi connectivity index (χ4v) is 4.98. The molecule has 0 aliphatic rings. The molecule has 0 saturated heterocycles. The SMILES string of the molecule is CCCCCCCCCCCCCCCCCCCCCCC(CS(=O)(=O)O)OC(C)=O.[KH]. The van der Waals surface area contributed by atoms with Gasteiger partial charge in [0, 0.05) is 6.92 Å². The van der Waals surface area contributed by atoms with E-state index in [1.807, 2.05) is 0 Å². The van der Waals surface area contributed by atoms with Gasteiger partial charge >= 0.3 is 57.4 Å². The van der Waals surface area contributed by atoms with Crippen molar-refractivity contribution in [3.63, 3.8) is 0 Å². The van der Waals surface area contributed by atoms with Gasteiger partial charge in [0.15, 0.2) is 0 Å². The van der Waals surface area contributed by atoms with Crippen molar-refractivity contribution in [3.05, 3.63) is 0 Å². The van der Waals surface area contributed by atoms with Crippen LogP contribution in [0.1, 0.15) is 149 Å². The summed E-state index contributed by atoms with van der Waals surface area (Å²) in [5, 5.41) is 0. The summed E-state index contributed by atoms with van der Waals surface area (Å²) in [6.07, 6.45) is 26.0. The Bertz CT molecular complexity index is 525. The van der Waals surface area contributed by atoms with E-state index in [2.05, 4.69) is 6.92 Å². The summed E-state index contributed by atoms with van der Waals surface area (Å²) in [5.41, 5.74) is 0. The van der Waals surface area contributed by atoms with Crippen LogP contribution in [0.2, 0.25) is 0 Å². The van der Waals surface area contributed by atoms with E-state index in [4.69, 9.17) is 9.29 Å². The van der Waals surface area contributed by atoms with Crippen LogP contribution in [-0.2, 0) is 19.6 Å². The van der Waals surface area contributed by atoms with Crippen LogP contribution >= 0.6 is 0 Å². The number of rotatable bonds is 24. The van der Waals surface area contributed by atoms with Gasteiger partial charge < -0.3 is 4.74 Å². The third-order valence-electron chi connectivity index (χ3n) is 6.11. The average molecular weight is 517 g/mol. The monoisotopic (exact) mass is 516 g/mol. The van der Waals surface area contributed by atoms with Crippen molar-refractivity contribution in [2.24, 2.45) is 0 Å². The van der Waals surface area contributed by atoms with Gasteiger partial charge in [0.1, 0.15) is 11.9 Å². The number of ether oxygens (including phenoxy) is 1. The van der Waals surface area contributed by atoms with Gasteiger partial charge in [0.2, 0.25) is 0 Å². The summed E-state index contributed by atoms with van der Waals surface area (Å²) in [4.78, 5) is 11.1. The fourth-order valence-electron chi connectivity index (χ4n) is 4.27. The van der Waals surface area contributed by atoms with Crippen LogP contribution in [0.25, 0.3) is 0 Å². The number of carbonyl (C=O) groups is 1. The Morgan fingerprint density at radius 3 is 1.24 bits per heavy atom. The Labute approximate surface area is 248 Å². The molecule has 0 bridgehead atoms. The molecule has 0 aliphatic heterocycles. The normalized spacial score (nSPS) is 12.3. The molecule has 33 heavy (non-hydrogen) atoms. The van der Waals surface area contributed by atoms with Crippen LogP contribution < -0.4 is 0 Å². The number of carbonyl (C=O) groups excluding carboxylic acids is 1. The fraction of sp³-hybridized carbons (Fsp3) is 0.962. The first-order chi connectivity index (χ1) is 15.3. The van der Waals surface area contributed by atoms with E-state index in [1.165, 1.54) is 116 Å². The first-order valence-electron chi connectivity index (χ1n) is 13.5. The number of hydrogen-bond donors (Lipinski definition) is 1. The summed E-state index contributed by atoms with van der Waals surface area (Å²) >= 11 is 0. The Morgan fingerprint density at radius 1 is 0.667 bits per heavy atom. The van der Waals surface area contributed by atoms with Gasteiger partial charge in [0.05, 0.1) is 0 Å². The maximum atomic E-state index is 11.1. The van der Waals surface area contributed by atoms with E-state index in [1.54, 1.807) is 0 Å². The minimum absolute atomic E-state index is 0. The first kappa shape index (κ1) is 36.2. The molecule has 0 amide bonds. The molecule has 1 N–H and O–H groups in total. The van der Waals surface area contributed by atoms with Crippen molar-refractivity contribution in [2.45, 2.75) is 155 Å². The molecule has 194 valence electrons. The summed E-state index contributed by atoms with van der Waals surface area (Å²) in [6, 6.07) is 0. The molecular weight excluding hydrogens is 463 g/mol. The molecule has 5 nitrogen and oxygen atoms in total. The second-order valence-electron chi connectivity index (χ2n) is 9.49. The summed E-state index contributed by atoms with van der Waals surface area (Å²) < 4.78 is 35.9. The number of esters is 1. The van der Waals surface area contributed by atoms with Crippen molar-refractivity contribution in [3.8, 4) is 0 Å². The summed E-state index contributed by atoms with van der Waals surface area (Å²) in [7, 11) is -4.12. The molecule has 1 unspecified atom stereocenters. The van der Waals surface area contributed by atoms with Crippen LogP contribution in [0.15, 0.2) is 0 Å². The van der Waals surface area contributed by atoms with Crippen molar-refractivity contribution in [1.82, 2.24) is 0 Å². The van der Waals surface area contributed by atoms with Crippen molar-refractivity contribution < 1.29 is 22.5 Å². The van der Waals surface area contributed by atoms with Crippen molar-refractivity contribution >= 4 is 67.5 Å². The molecule has 0 heterocycles. The topological polar surface area (TPSA) is 80.7 Å². The Kier molecular flexibility index (Phi) is 28.6. The van der Waals surface area contributed by atoms with E-state index >= 15 is 0 Å². The molecule has 0 aromatic heterocycles. The molecule has 0 aliphatic carbocycles. The molecule has 0 radical (unpaired) electrons. The molecule has 0 saturated carbocycles. The second-order valence-corrected chi connectivity index (χ2v) is 11.0. The van der Waals surface area contributed by atoms with Gasteiger partial charge in [-0.25, -0.2) is 0 Å². The van der Waals surface area contributed by atoms with Gasteiger partial charge in [-0.3, -0.25) is 9.35 Å². The van der Waals surface area contributed by atoms with Gasteiger partial charge in [-0.05, 0) is 12.8 Å². The number of unbranched alkanes of at least 4 members (excludes halogenated alkanes) is 19. The standard InChI is InChI=1S/C26H52O5S.K.H/c1-3-4-5-6-7-8-9-10-11-12-13-14-15-16-17-18-19-20-21-22-23-26(31-25(2)27)24-32(28,29)30;;/h26H,3-24H2,1-2H3,(H,28,29,30);;. The van der Waals surface area contributed by atoms with Crippen LogP contribution in [0, 0.1) is 0 Å². The predicted molar refractivity (Wildman–Crippen MR) is 142 cm³/mol. The van der Waals surface area contributed by atoms with Gasteiger partial charge in [-0.1, -0.05) is 129 Å². The number of hydrogen-bond acceptors (Lipinski definition) is 4. The van der Waals surface area contributed by atoms with E-state index < -0.39 is 27.9 Å². The Hall–Kier alpha value is 1.02. The van der Waals surface area contributed by atoms with Gasteiger partial charge in [-0.2, -0.15) is 8.42 Å². The minimum atomic E-state index is -4.12. The molecule has 0 rings (SSSR count). The van der Waals surface area contributed by atoms with Gasteiger partial charge in [0.25, 0.3) is 10.1 Å². The molecule has 7 heteroatoms. The van der Waals surface area contributed by atoms with Crippen molar-refractivity contribution in [1.29, 1.82) is 0 Å². The van der Waals surface area contributed by atoms with E-state index in [9.17, 15) is 13.2 Å². The van der Waals surface area contributed by atoms with E-state index in [0.717, 1.165) is 19.3 Å². The summed E-state index contributed by atoms with van der Waals surface area (Å²) in [5.74, 6) is -1.02. The maximum absolute atomic E-state index is 11.1. The quantitative estimate of drug-likeness (QED) is 0.0627.